The van der Waals surface area contributed by atoms with Crippen LogP contribution in [0.5, 0.6) is 0 Å². The second-order valence-corrected chi connectivity index (χ2v) is 4.10. The number of rotatable bonds is 5. The Morgan fingerprint density at radius 3 is 2.08 bits per heavy atom. The third kappa shape index (κ3) is 4.70. The first-order valence-electron chi connectivity index (χ1n) is 4.33. The van der Waals surface area contributed by atoms with E-state index in [1.807, 2.05) is 34.7 Å². The molecular formula is C9H21NO2. The molecule has 0 amide bonds. The molecule has 0 aromatic carbocycles. The average molecular weight is 175 g/mol. The van der Waals surface area contributed by atoms with Crippen molar-refractivity contribution < 1.29 is 9.84 Å². The van der Waals surface area contributed by atoms with Gasteiger partial charge >= 0.3 is 0 Å². The summed E-state index contributed by atoms with van der Waals surface area (Å²) in [5.74, 6) is 0. The van der Waals surface area contributed by atoms with E-state index in [1.54, 1.807) is 0 Å². The Labute approximate surface area is 75.1 Å². The Morgan fingerprint density at radius 2 is 1.75 bits per heavy atom. The molecule has 2 N–H and O–H groups in total. The van der Waals surface area contributed by atoms with Crippen LogP contribution < -0.4 is 5.32 Å². The maximum atomic E-state index is 8.77. The van der Waals surface area contributed by atoms with Crippen LogP contribution in [-0.4, -0.2) is 30.1 Å². The van der Waals surface area contributed by atoms with Gasteiger partial charge in [0.15, 0.2) is 0 Å². The van der Waals surface area contributed by atoms with Crippen molar-refractivity contribution in [3.8, 4) is 0 Å². The average Bonchev–Trinajstić information content (AvgIpc) is 1.85. The topological polar surface area (TPSA) is 41.5 Å². The summed E-state index contributed by atoms with van der Waals surface area (Å²) in [5, 5.41) is 11.8. The highest BCUT2D eigenvalue weighted by molar-refractivity contribution is 4.74. The first-order valence-corrected chi connectivity index (χ1v) is 4.33. The fourth-order valence-corrected chi connectivity index (χ4v) is 1.06. The first kappa shape index (κ1) is 11.9. The highest BCUT2D eigenvalue weighted by atomic mass is 16.5. The first-order chi connectivity index (χ1) is 5.33. The SMILES string of the molecule is CNC(C)(C)OC(C)(C)CCO. The van der Waals surface area contributed by atoms with Crippen molar-refractivity contribution in [3.05, 3.63) is 0 Å². The molecule has 0 spiro atoms. The molecule has 74 valence electrons. The second kappa shape index (κ2) is 4.21. The lowest BCUT2D eigenvalue weighted by atomic mass is 10.1. The van der Waals surface area contributed by atoms with Gasteiger partial charge in [0.2, 0.25) is 0 Å². The third-order valence-electron chi connectivity index (χ3n) is 1.85. The summed E-state index contributed by atoms with van der Waals surface area (Å²) in [6.07, 6.45) is 0.651. The molecule has 0 heterocycles. The summed E-state index contributed by atoms with van der Waals surface area (Å²) < 4.78 is 5.74. The molecule has 0 saturated carbocycles. The molecule has 0 aliphatic rings. The van der Waals surface area contributed by atoms with E-state index in [-0.39, 0.29) is 17.9 Å². The fourth-order valence-electron chi connectivity index (χ4n) is 1.06. The molecule has 0 unspecified atom stereocenters. The number of ether oxygens (including phenoxy) is 1. The number of hydrogen-bond acceptors (Lipinski definition) is 3. The Hall–Kier alpha value is -0.120. The molecule has 0 bridgehead atoms. The van der Waals surface area contributed by atoms with Crippen molar-refractivity contribution in [1.29, 1.82) is 0 Å². The quantitative estimate of drug-likeness (QED) is 0.615. The molecule has 0 aliphatic carbocycles. The highest BCUT2D eigenvalue weighted by Gasteiger charge is 2.27. The van der Waals surface area contributed by atoms with Gasteiger partial charge in [0, 0.05) is 6.61 Å². The highest BCUT2D eigenvalue weighted by Crippen LogP contribution is 2.20. The van der Waals surface area contributed by atoms with Crippen molar-refractivity contribution in [2.45, 2.75) is 45.4 Å². The Balaban J connectivity index is 4.04. The van der Waals surface area contributed by atoms with Crippen LogP contribution in [0.4, 0.5) is 0 Å². The van der Waals surface area contributed by atoms with Crippen molar-refractivity contribution in [1.82, 2.24) is 5.32 Å². The molecule has 0 saturated heterocycles. The maximum absolute atomic E-state index is 8.77. The number of hydrogen-bond donors (Lipinski definition) is 2. The Kier molecular flexibility index (Phi) is 4.17. The van der Waals surface area contributed by atoms with E-state index in [9.17, 15) is 0 Å². The smallest absolute Gasteiger partial charge is 0.114 e. The van der Waals surface area contributed by atoms with Crippen LogP contribution in [0.15, 0.2) is 0 Å². The van der Waals surface area contributed by atoms with Crippen LogP contribution in [-0.2, 0) is 4.74 Å². The molecule has 12 heavy (non-hydrogen) atoms. The molecule has 0 atom stereocenters. The van der Waals surface area contributed by atoms with Gasteiger partial charge in [-0.05, 0) is 41.2 Å². The van der Waals surface area contributed by atoms with Gasteiger partial charge in [0.25, 0.3) is 0 Å². The van der Waals surface area contributed by atoms with Crippen LogP contribution in [0.2, 0.25) is 0 Å². The summed E-state index contributed by atoms with van der Waals surface area (Å²) in [4.78, 5) is 0. The summed E-state index contributed by atoms with van der Waals surface area (Å²) >= 11 is 0. The van der Waals surface area contributed by atoms with E-state index in [4.69, 9.17) is 9.84 Å². The summed E-state index contributed by atoms with van der Waals surface area (Å²) in [6, 6.07) is 0. The molecule has 0 radical (unpaired) electrons. The summed E-state index contributed by atoms with van der Waals surface area (Å²) in [7, 11) is 1.86. The van der Waals surface area contributed by atoms with Crippen LogP contribution >= 0.6 is 0 Å². The van der Waals surface area contributed by atoms with E-state index in [2.05, 4.69) is 5.32 Å². The van der Waals surface area contributed by atoms with Gasteiger partial charge in [-0.2, -0.15) is 0 Å². The van der Waals surface area contributed by atoms with Crippen molar-refractivity contribution >= 4 is 0 Å². The second-order valence-electron chi connectivity index (χ2n) is 4.10. The van der Waals surface area contributed by atoms with Gasteiger partial charge in [-0.1, -0.05) is 0 Å². The zero-order valence-electron chi connectivity index (χ0n) is 8.77. The molecule has 3 heteroatoms. The molecule has 0 aliphatic heterocycles. The maximum Gasteiger partial charge on any atom is 0.114 e. The number of nitrogens with one attached hydrogen (secondary N) is 1. The lowest BCUT2D eigenvalue weighted by molar-refractivity contribution is -0.142. The van der Waals surface area contributed by atoms with Gasteiger partial charge in [-0.15, -0.1) is 0 Å². The van der Waals surface area contributed by atoms with Gasteiger partial charge in [0.05, 0.1) is 5.60 Å². The van der Waals surface area contributed by atoms with Gasteiger partial charge in [-0.25, -0.2) is 0 Å². The minimum Gasteiger partial charge on any atom is -0.396 e. The minimum absolute atomic E-state index is 0.160. The Morgan fingerprint density at radius 1 is 1.25 bits per heavy atom. The molecule has 0 rings (SSSR count). The van der Waals surface area contributed by atoms with Crippen LogP contribution in [0.3, 0.4) is 0 Å². The van der Waals surface area contributed by atoms with E-state index >= 15 is 0 Å². The van der Waals surface area contributed by atoms with E-state index in [0.717, 1.165) is 0 Å². The Bertz CT molecular complexity index is 132. The van der Waals surface area contributed by atoms with Crippen LogP contribution in [0.25, 0.3) is 0 Å². The summed E-state index contributed by atoms with van der Waals surface area (Å²) in [6.45, 7) is 8.04. The standard InChI is InChI=1S/C9H21NO2/c1-8(2,6-7-11)12-9(3,4)10-5/h10-11H,6-7H2,1-5H3. The molecule has 0 aromatic rings. The molecule has 0 fully saturated rings. The van der Waals surface area contributed by atoms with Gasteiger partial charge < -0.3 is 9.84 Å². The molecule has 0 aromatic heterocycles. The van der Waals surface area contributed by atoms with E-state index in [0.29, 0.717) is 6.42 Å². The monoisotopic (exact) mass is 175 g/mol. The lowest BCUT2D eigenvalue weighted by Gasteiger charge is -2.35. The van der Waals surface area contributed by atoms with Gasteiger partial charge in [-0.3, -0.25) is 5.32 Å². The van der Waals surface area contributed by atoms with E-state index < -0.39 is 0 Å². The predicted octanol–water partition coefficient (Wildman–Crippen LogP) is 1.12. The zero-order valence-corrected chi connectivity index (χ0v) is 8.77. The summed E-state index contributed by atoms with van der Waals surface area (Å²) in [5.41, 5.74) is -0.611. The normalized spacial score (nSPS) is 13.5. The predicted molar refractivity (Wildman–Crippen MR) is 50.0 cm³/mol. The lowest BCUT2D eigenvalue weighted by Crippen LogP contribution is -2.46. The van der Waals surface area contributed by atoms with Crippen molar-refractivity contribution in [2.24, 2.45) is 0 Å². The van der Waals surface area contributed by atoms with Crippen molar-refractivity contribution in [2.75, 3.05) is 13.7 Å². The minimum atomic E-state index is -0.335. The fraction of sp³-hybridized carbons (Fsp3) is 1.00. The van der Waals surface area contributed by atoms with Gasteiger partial charge in [0.1, 0.15) is 5.72 Å². The zero-order chi connectivity index (χ0) is 9.83. The van der Waals surface area contributed by atoms with Crippen molar-refractivity contribution in [3.63, 3.8) is 0 Å². The van der Waals surface area contributed by atoms with E-state index in [1.165, 1.54) is 0 Å². The molecule has 3 nitrogen and oxygen atoms in total. The largest absolute Gasteiger partial charge is 0.396 e. The van der Waals surface area contributed by atoms with Crippen LogP contribution in [0, 0.1) is 0 Å². The third-order valence-corrected chi connectivity index (χ3v) is 1.85. The molecular weight excluding hydrogens is 154 g/mol. The van der Waals surface area contributed by atoms with Crippen LogP contribution in [0.1, 0.15) is 34.1 Å². The number of aliphatic hydroxyl groups excluding tert-OH is 1. The number of aliphatic hydroxyl groups is 1.